The fourth-order valence-electron chi connectivity index (χ4n) is 2.61. The van der Waals surface area contributed by atoms with Gasteiger partial charge in [0.05, 0.1) is 10.7 Å². The van der Waals surface area contributed by atoms with Gasteiger partial charge in [-0.2, -0.15) is 0 Å². The van der Waals surface area contributed by atoms with Crippen LogP contribution in [0.3, 0.4) is 0 Å². The second-order valence-corrected chi connectivity index (χ2v) is 6.13. The molecule has 0 saturated carbocycles. The molecule has 1 aliphatic rings. The molecule has 0 spiro atoms. The number of ether oxygens (including phenoxy) is 3. The molecule has 1 aliphatic heterocycles. The van der Waals surface area contributed by atoms with Crippen LogP contribution < -0.4 is 9.47 Å². The lowest BCUT2D eigenvalue weighted by molar-refractivity contribution is -0.139. The van der Waals surface area contributed by atoms with E-state index in [1.165, 1.54) is 6.08 Å². The van der Waals surface area contributed by atoms with Crippen molar-refractivity contribution < 1.29 is 19.0 Å². The predicted molar refractivity (Wildman–Crippen MR) is 96.5 cm³/mol. The molecule has 0 bridgehead atoms. The first-order valence-corrected chi connectivity index (χ1v) is 8.43. The molecule has 7 heteroatoms. The summed E-state index contributed by atoms with van der Waals surface area (Å²) in [5, 5.41) is 0.612. The summed E-state index contributed by atoms with van der Waals surface area (Å²) in [4.78, 5) is 16.3. The number of hydrogen-bond acceptors (Lipinski definition) is 5. The van der Waals surface area contributed by atoms with E-state index in [2.05, 4.69) is 4.98 Å². The van der Waals surface area contributed by atoms with E-state index in [0.29, 0.717) is 35.4 Å². The maximum atomic E-state index is 11.9. The number of benzene rings is 1. The van der Waals surface area contributed by atoms with Crippen molar-refractivity contribution in [1.29, 1.82) is 0 Å². The van der Waals surface area contributed by atoms with Crippen molar-refractivity contribution in [2.75, 3.05) is 13.2 Å². The molecule has 3 aromatic rings. The number of nitrogens with zero attached hydrogens (tertiary/aromatic N) is 2. The van der Waals surface area contributed by atoms with Crippen LogP contribution in [-0.4, -0.2) is 28.6 Å². The highest BCUT2D eigenvalue weighted by molar-refractivity contribution is 6.30. The lowest BCUT2D eigenvalue weighted by Crippen LogP contribution is -2.15. The molecule has 2 aromatic heterocycles. The Balaban J connectivity index is 1.38. The third-order valence-corrected chi connectivity index (χ3v) is 4.03. The number of halogens is 1. The van der Waals surface area contributed by atoms with E-state index in [4.69, 9.17) is 25.8 Å². The molecular weight excluding hydrogens is 356 g/mol. The summed E-state index contributed by atoms with van der Waals surface area (Å²) >= 11 is 5.94. The molecule has 0 aliphatic carbocycles. The number of imidazole rings is 1. The fourth-order valence-corrected chi connectivity index (χ4v) is 2.78. The van der Waals surface area contributed by atoms with E-state index in [1.807, 2.05) is 18.2 Å². The number of carbonyl (C=O) groups is 1. The van der Waals surface area contributed by atoms with E-state index in [-0.39, 0.29) is 6.61 Å². The maximum absolute atomic E-state index is 11.9. The zero-order valence-corrected chi connectivity index (χ0v) is 14.5. The molecule has 0 radical (unpaired) electrons. The van der Waals surface area contributed by atoms with Crippen LogP contribution in [0.2, 0.25) is 5.02 Å². The molecule has 132 valence electrons. The molecule has 1 aromatic carbocycles. The first kappa shape index (κ1) is 16.5. The van der Waals surface area contributed by atoms with Crippen LogP contribution in [0.4, 0.5) is 0 Å². The highest BCUT2D eigenvalue weighted by Crippen LogP contribution is 2.31. The monoisotopic (exact) mass is 370 g/mol. The summed E-state index contributed by atoms with van der Waals surface area (Å²) in [6.45, 7) is 1.15. The van der Waals surface area contributed by atoms with Crippen LogP contribution >= 0.6 is 11.6 Å². The van der Waals surface area contributed by atoms with Crippen LogP contribution in [0.1, 0.15) is 11.3 Å². The molecule has 4 rings (SSSR count). The minimum Gasteiger partial charge on any atom is -0.486 e. The van der Waals surface area contributed by atoms with E-state index in [9.17, 15) is 4.79 Å². The van der Waals surface area contributed by atoms with Crippen LogP contribution in [0.15, 0.2) is 48.8 Å². The van der Waals surface area contributed by atoms with Gasteiger partial charge in [-0.3, -0.25) is 0 Å². The standard InChI is InChI=1S/C19H15ClN2O4/c20-14-3-5-18-21-15(11-22(18)10-14)12-26-19(23)6-2-13-1-4-16-17(9-13)25-8-7-24-16/h1-6,9-11H,7-8,12H2/b6-2+. The number of hydrogen-bond donors (Lipinski definition) is 0. The van der Waals surface area contributed by atoms with Crippen LogP contribution in [0, 0.1) is 0 Å². The number of aromatic nitrogens is 2. The Morgan fingerprint density at radius 1 is 1.19 bits per heavy atom. The lowest BCUT2D eigenvalue weighted by Gasteiger charge is -2.18. The van der Waals surface area contributed by atoms with Gasteiger partial charge < -0.3 is 18.6 Å². The molecule has 3 heterocycles. The Morgan fingerprint density at radius 2 is 2.04 bits per heavy atom. The van der Waals surface area contributed by atoms with Crippen LogP contribution in [-0.2, 0) is 16.1 Å². The van der Waals surface area contributed by atoms with Crippen molar-refractivity contribution in [2.24, 2.45) is 0 Å². The Labute approximate surface area is 154 Å². The summed E-state index contributed by atoms with van der Waals surface area (Å²) in [6, 6.07) is 9.06. The van der Waals surface area contributed by atoms with Gasteiger partial charge >= 0.3 is 5.97 Å². The Bertz CT molecular complexity index is 996. The molecule has 0 atom stereocenters. The summed E-state index contributed by atoms with van der Waals surface area (Å²) in [7, 11) is 0. The smallest absolute Gasteiger partial charge is 0.331 e. The van der Waals surface area contributed by atoms with Gasteiger partial charge in [-0.1, -0.05) is 17.7 Å². The second-order valence-electron chi connectivity index (χ2n) is 5.69. The van der Waals surface area contributed by atoms with Gasteiger partial charge in [0, 0.05) is 18.5 Å². The van der Waals surface area contributed by atoms with Gasteiger partial charge in [0.25, 0.3) is 0 Å². The molecule has 0 N–H and O–H groups in total. The number of fused-ring (bicyclic) bond motifs is 2. The topological polar surface area (TPSA) is 62.1 Å². The van der Waals surface area contributed by atoms with Crippen molar-refractivity contribution in [3.63, 3.8) is 0 Å². The van der Waals surface area contributed by atoms with E-state index in [1.54, 1.807) is 35.0 Å². The van der Waals surface area contributed by atoms with Crippen molar-refractivity contribution in [3.05, 3.63) is 65.1 Å². The minimum atomic E-state index is -0.449. The summed E-state index contributed by atoms with van der Waals surface area (Å²) in [5.41, 5.74) is 2.22. The van der Waals surface area contributed by atoms with E-state index in [0.717, 1.165) is 11.2 Å². The number of rotatable bonds is 4. The molecule has 6 nitrogen and oxygen atoms in total. The quantitative estimate of drug-likeness (QED) is 0.519. The van der Waals surface area contributed by atoms with E-state index >= 15 is 0 Å². The number of esters is 1. The maximum Gasteiger partial charge on any atom is 0.331 e. The van der Waals surface area contributed by atoms with Crippen LogP contribution in [0.5, 0.6) is 11.5 Å². The van der Waals surface area contributed by atoms with Gasteiger partial charge in [-0.15, -0.1) is 0 Å². The Morgan fingerprint density at radius 3 is 2.92 bits per heavy atom. The zero-order chi connectivity index (χ0) is 17.9. The molecule has 0 unspecified atom stereocenters. The molecule has 0 amide bonds. The second kappa shape index (κ2) is 7.09. The summed E-state index contributed by atoms with van der Waals surface area (Å²) < 4.78 is 18.0. The third-order valence-electron chi connectivity index (χ3n) is 3.81. The van der Waals surface area contributed by atoms with Gasteiger partial charge in [-0.05, 0) is 35.9 Å². The van der Waals surface area contributed by atoms with Crippen molar-refractivity contribution in [3.8, 4) is 11.5 Å². The van der Waals surface area contributed by atoms with Crippen LogP contribution in [0.25, 0.3) is 11.7 Å². The van der Waals surface area contributed by atoms with Crippen molar-refractivity contribution in [2.45, 2.75) is 6.61 Å². The average molecular weight is 371 g/mol. The fraction of sp³-hybridized carbons (Fsp3) is 0.158. The first-order chi connectivity index (χ1) is 12.7. The van der Waals surface area contributed by atoms with Crippen molar-refractivity contribution >= 4 is 29.3 Å². The SMILES string of the molecule is O=C(/C=C/c1ccc2c(c1)OCCO2)OCc1cn2cc(Cl)ccc2n1. The molecule has 0 saturated heterocycles. The zero-order valence-electron chi connectivity index (χ0n) is 13.7. The lowest BCUT2D eigenvalue weighted by atomic mass is 10.2. The van der Waals surface area contributed by atoms with Gasteiger partial charge in [0.1, 0.15) is 25.5 Å². The number of carbonyl (C=O) groups excluding carboxylic acids is 1. The predicted octanol–water partition coefficient (Wildman–Crippen LogP) is 3.52. The van der Waals surface area contributed by atoms with Gasteiger partial charge in [0.2, 0.25) is 0 Å². The summed E-state index contributed by atoms with van der Waals surface area (Å²) in [5.74, 6) is 0.938. The van der Waals surface area contributed by atoms with E-state index < -0.39 is 5.97 Å². The Hall–Kier alpha value is -2.99. The van der Waals surface area contributed by atoms with Gasteiger partial charge in [0.15, 0.2) is 11.5 Å². The largest absolute Gasteiger partial charge is 0.486 e. The van der Waals surface area contributed by atoms with Crippen molar-refractivity contribution in [1.82, 2.24) is 9.38 Å². The molecule has 0 fully saturated rings. The highest BCUT2D eigenvalue weighted by Gasteiger charge is 2.11. The Kier molecular flexibility index (Phi) is 4.50. The molecular formula is C19H15ClN2O4. The average Bonchev–Trinajstić information content (AvgIpc) is 3.06. The minimum absolute atomic E-state index is 0.0869. The highest BCUT2D eigenvalue weighted by atomic mass is 35.5. The first-order valence-electron chi connectivity index (χ1n) is 8.05. The normalized spacial score (nSPS) is 13.3. The molecule has 26 heavy (non-hydrogen) atoms. The summed E-state index contributed by atoms with van der Waals surface area (Å²) in [6.07, 6.45) is 6.57. The van der Waals surface area contributed by atoms with Gasteiger partial charge in [-0.25, -0.2) is 9.78 Å². The number of pyridine rings is 1. The third kappa shape index (κ3) is 3.65.